The highest BCUT2D eigenvalue weighted by Gasteiger charge is 2.27. The van der Waals surface area contributed by atoms with Crippen LogP contribution in [0.15, 0.2) is 78.9 Å². The molecule has 0 spiro atoms. The third-order valence-electron chi connectivity index (χ3n) is 6.44. The lowest BCUT2D eigenvalue weighted by Crippen LogP contribution is -2.45. The van der Waals surface area contributed by atoms with Crippen LogP contribution in [0.1, 0.15) is 43.5 Å². The molecule has 0 heterocycles. The maximum absolute atomic E-state index is 12.7. The molecule has 3 aromatic carbocycles. The van der Waals surface area contributed by atoms with Crippen LogP contribution in [0.25, 0.3) is 0 Å². The lowest BCUT2D eigenvalue weighted by Gasteiger charge is -2.23. The quantitative estimate of drug-likeness (QED) is 0.108. The summed E-state index contributed by atoms with van der Waals surface area (Å²) in [5.74, 6) is -1.18. The van der Waals surface area contributed by atoms with E-state index in [4.69, 9.17) is 23.7 Å². The van der Waals surface area contributed by atoms with E-state index in [9.17, 15) is 24.0 Å². The van der Waals surface area contributed by atoms with Crippen LogP contribution < -0.4 is 20.7 Å². The van der Waals surface area contributed by atoms with Gasteiger partial charge in [0.2, 0.25) is 5.91 Å². The van der Waals surface area contributed by atoms with Crippen LogP contribution in [0.4, 0.5) is 9.59 Å². The lowest BCUT2D eigenvalue weighted by molar-refractivity contribution is -0.145. The first-order chi connectivity index (χ1) is 23.4. The fourth-order valence-corrected chi connectivity index (χ4v) is 4.40. The Balaban J connectivity index is 1.62. The minimum atomic E-state index is -1.19. The van der Waals surface area contributed by atoms with E-state index in [0.717, 1.165) is 5.56 Å². The first-order valence-corrected chi connectivity index (χ1v) is 16.4. The van der Waals surface area contributed by atoms with Gasteiger partial charge in [0.05, 0.1) is 7.11 Å². The number of methoxy groups -OCH3 is 1. The number of alkyl halides is 1. The van der Waals surface area contributed by atoms with Gasteiger partial charge in [-0.15, -0.1) is 0 Å². The van der Waals surface area contributed by atoms with Gasteiger partial charge in [-0.2, -0.15) is 0 Å². The summed E-state index contributed by atoms with van der Waals surface area (Å²) in [5, 5.41) is 7.94. The number of carbonyl (C=O) groups excluding carboxylic acids is 5. The van der Waals surface area contributed by atoms with E-state index in [1.165, 1.54) is 7.11 Å². The molecule has 14 heteroatoms. The molecule has 3 rings (SSSR count). The van der Waals surface area contributed by atoms with Crippen molar-refractivity contribution in [1.29, 1.82) is 0 Å². The Morgan fingerprint density at radius 1 is 0.776 bits per heavy atom. The Morgan fingerprint density at radius 2 is 1.49 bits per heavy atom. The van der Waals surface area contributed by atoms with Crippen LogP contribution in [0.5, 0.6) is 11.5 Å². The van der Waals surface area contributed by atoms with E-state index in [2.05, 4.69) is 31.9 Å². The Morgan fingerprint density at radius 3 is 2.14 bits per heavy atom. The SMILES string of the molecule is COC(=O)[C@H](NC(=O)CNC(=O)OCc1ccccc1)c1cccc(Oc2ccc(C[C@@H](NC(=O)OC(C)(C)C)C(=O)OCCBr)cc2)c1. The smallest absolute Gasteiger partial charge is 0.408 e. The maximum atomic E-state index is 12.7. The molecule has 3 amide bonds. The number of carbonyl (C=O) groups is 5. The Bertz CT molecular complexity index is 1560. The molecular weight excluding hydrogens is 702 g/mol. The molecule has 262 valence electrons. The Hall–Kier alpha value is -5.11. The number of ether oxygens (including phenoxy) is 5. The fourth-order valence-electron chi connectivity index (χ4n) is 4.24. The summed E-state index contributed by atoms with van der Waals surface area (Å²) in [6.07, 6.45) is -1.40. The summed E-state index contributed by atoms with van der Waals surface area (Å²) >= 11 is 3.21. The second-order valence-electron chi connectivity index (χ2n) is 11.5. The van der Waals surface area contributed by atoms with Gasteiger partial charge in [-0.1, -0.05) is 70.5 Å². The van der Waals surface area contributed by atoms with Crippen molar-refractivity contribution in [2.24, 2.45) is 0 Å². The topological polar surface area (TPSA) is 168 Å². The van der Waals surface area contributed by atoms with Crippen molar-refractivity contribution in [2.45, 2.75) is 51.5 Å². The number of benzene rings is 3. The average molecular weight is 743 g/mol. The predicted octanol–water partition coefficient (Wildman–Crippen LogP) is 5.11. The van der Waals surface area contributed by atoms with Crippen molar-refractivity contribution in [3.8, 4) is 11.5 Å². The van der Waals surface area contributed by atoms with E-state index in [0.29, 0.717) is 28.0 Å². The molecule has 0 unspecified atom stereocenters. The third kappa shape index (κ3) is 13.9. The molecule has 0 saturated heterocycles. The second-order valence-corrected chi connectivity index (χ2v) is 12.3. The molecule has 3 aromatic rings. The monoisotopic (exact) mass is 741 g/mol. The first-order valence-electron chi connectivity index (χ1n) is 15.3. The van der Waals surface area contributed by atoms with Gasteiger partial charge in [-0.3, -0.25) is 4.79 Å². The van der Waals surface area contributed by atoms with Crippen LogP contribution in [-0.2, 0) is 46.4 Å². The van der Waals surface area contributed by atoms with E-state index in [1.54, 1.807) is 81.4 Å². The third-order valence-corrected chi connectivity index (χ3v) is 6.76. The van der Waals surface area contributed by atoms with Crippen molar-refractivity contribution in [3.63, 3.8) is 0 Å². The van der Waals surface area contributed by atoms with E-state index < -0.39 is 54.3 Å². The summed E-state index contributed by atoms with van der Waals surface area (Å²) < 4.78 is 26.5. The summed E-state index contributed by atoms with van der Waals surface area (Å²) in [6.45, 7) is 4.89. The van der Waals surface area contributed by atoms with Crippen molar-refractivity contribution >= 4 is 46.0 Å². The molecular formula is C35H40BrN3O10. The average Bonchev–Trinajstić information content (AvgIpc) is 3.07. The first kappa shape index (κ1) is 38.3. The molecule has 0 radical (unpaired) electrons. The minimum Gasteiger partial charge on any atom is -0.467 e. The molecule has 0 aromatic heterocycles. The van der Waals surface area contributed by atoms with Gasteiger partial charge in [0.1, 0.15) is 42.9 Å². The second kappa shape index (κ2) is 19.0. The number of alkyl carbamates (subject to hydrolysis) is 2. The Labute approximate surface area is 293 Å². The molecule has 2 atom stereocenters. The van der Waals surface area contributed by atoms with Crippen LogP contribution in [0.3, 0.4) is 0 Å². The highest BCUT2D eigenvalue weighted by molar-refractivity contribution is 9.09. The number of halogens is 1. The normalized spacial score (nSPS) is 12.0. The molecule has 0 aliphatic heterocycles. The van der Waals surface area contributed by atoms with Gasteiger partial charge in [0, 0.05) is 11.8 Å². The van der Waals surface area contributed by atoms with Crippen molar-refractivity contribution in [2.75, 3.05) is 25.6 Å². The largest absolute Gasteiger partial charge is 0.467 e. The van der Waals surface area contributed by atoms with Crippen molar-refractivity contribution in [3.05, 3.63) is 95.6 Å². The van der Waals surface area contributed by atoms with Crippen LogP contribution in [0, 0.1) is 0 Å². The van der Waals surface area contributed by atoms with Crippen molar-refractivity contribution < 1.29 is 47.7 Å². The highest BCUT2D eigenvalue weighted by Crippen LogP contribution is 2.26. The van der Waals surface area contributed by atoms with E-state index in [1.807, 2.05) is 18.2 Å². The molecule has 0 fully saturated rings. The van der Waals surface area contributed by atoms with Gasteiger partial charge in [0.25, 0.3) is 0 Å². The number of hydrogen-bond acceptors (Lipinski definition) is 10. The zero-order chi connectivity index (χ0) is 35.8. The molecule has 0 saturated carbocycles. The molecule has 3 N–H and O–H groups in total. The summed E-state index contributed by atoms with van der Waals surface area (Å²) in [7, 11) is 1.19. The number of amides is 3. The number of nitrogens with one attached hydrogen (secondary N) is 3. The molecule has 0 bridgehead atoms. The molecule has 49 heavy (non-hydrogen) atoms. The molecule has 0 aliphatic rings. The van der Waals surface area contributed by atoms with E-state index in [-0.39, 0.29) is 19.6 Å². The van der Waals surface area contributed by atoms with Crippen molar-refractivity contribution in [1.82, 2.24) is 16.0 Å². The van der Waals surface area contributed by atoms with Crippen LogP contribution in [-0.4, -0.2) is 67.3 Å². The maximum Gasteiger partial charge on any atom is 0.408 e. The summed E-state index contributed by atoms with van der Waals surface area (Å²) in [5.41, 5.74) is 1.13. The molecule has 13 nitrogen and oxygen atoms in total. The predicted molar refractivity (Wildman–Crippen MR) is 182 cm³/mol. The van der Waals surface area contributed by atoms with Gasteiger partial charge in [-0.05, 0) is 61.7 Å². The van der Waals surface area contributed by atoms with Gasteiger partial charge in [-0.25, -0.2) is 19.2 Å². The highest BCUT2D eigenvalue weighted by atomic mass is 79.9. The fraction of sp³-hybridized carbons (Fsp3) is 0.343. The zero-order valence-corrected chi connectivity index (χ0v) is 29.2. The number of hydrogen-bond donors (Lipinski definition) is 3. The van der Waals surface area contributed by atoms with Gasteiger partial charge < -0.3 is 39.6 Å². The van der Waals surface area contributed by atoms with Gasteiger partial charge in [0.15, 0.2) is 6.04 Å². The summed E-state index contributed by atoms with van der Waals surface area (Å²) in [6, 6.07) is 20.2. The standard InChI is InChI=1S/C35H40BrN3O10/c1-35(2,3)49-34(44)38-28(31(41)46-18-17-36)19-23-13-15-26(16-14-23)48-27-12-8-11-25(20-27)30(32(42)45-4)39-29(40)21-37-33(43)47-22-24-9-6-5-7-10-24/h5-16,20,28,30H,17-19,21-22H2,1-4H3,(H,37,43)(H,38,44)(H,39,40)/t28-,30-/m1/s1. The minimum absolute atomic E-state index is 0.0344. The lowest BCUT2D eigenvalue weighted by atomic mass is 10.1. The zero-order valence-electron chi connectivity index (χ0n) is 27.7. The van der Waals surface area contributed by atoms with Gasteiger partial charge >= 0.3 is 24.1 Å². The van der Waals surface area contributed by atoms with Crippen LogP contribution in [0.2, 0.25) is 0 Å². The summed E-state index contributed by atoms with van der Waals surface area (Å²) in [4.78, 5) is 62.3. The number of rotatable bonds is 15. The van der Waals surface area contributed by atoms with Crippen LogP contribution >= 0.6 is 15.9 Å². The molecule has 0 aliphatic carbocycles. The Kier molecular flexibility index (Phi) is 14.9. The van der Waals surface area contributed by atoms with E-state index >= 15 is 0 Å². The number of esters is 2.